The largest absolute Gasteiger partial charge is 0.398 e. The molecule has 0 heterocycles. The van der Waals surface area contributed by atoms with Crippen molar-refractivity contribution in [1.82, 2.24) is 4.72 Å². The predicted molar refractivity (Wildman–Crippen MR) is 76.1 cm³/mol. The van der Waals surface area contributed by atoms with Gasteiger partial charge in [-0.25, -0.2) is 13.1 Å². The first-order valence-corrected chi connectivity index (χ1v) is 8.04. The molecule has 1 aromatic rings. The molecule has 0 atom stereocenters. The van der Waals surface area contributed by atoms with Gasteiger partial charge in [-0.15, -0.1) is 0 Å². The van der Waals surface area contributed by atoms with E-state index >= 15 is 0 Å². The van der Waals surface area contributed by atoms with Crippen molar-refractivity contribution >= 4 is 21.6 Å². The first-order chi connectivity index (χ1) is 9.40. The number of nitrogen functional groups attached to an aromatic ring is 1. The van der Waals surface area contributed by atoms with Crippen LogP contribution in [0.3, 0.4) is 0 Å². The molecule has 1 aliphatic rings. The number of primary amides is 1. The molecular formula is C13H19N3O3S. The normalized spacial score (nSPS) is 23.4. The quantitative estimate of drug-likeness (QED) is 0.705. The lowest BCUT2D eigenvalue weighted by Crippen LogP contribution is -2.39. The van der Waals surface area contributed by atoms with Crippen LogP contribution in [0.15, 0.2) is 29.2 Å². The third-order valence-corrected chi connectivity index (χ3v) is 5.25. The van der Waals surface area contributed by atoms with Crippen molar-refractivity contribution in [2.45, 2.75) is 36.6 Å². The lowest BCUT2D eigenvalue weighted by atomic mass is 9.86. The molecule has 0 radical (unpaired) electrons. The van der Waals surface area contributed by atoms with Gasteiger partial charge in [0, 0.05) is 12.0 Å². The summed E-state index contributed by atoms with van der Waals surface area (Å²) in [7, 11) is -3.62. The van der Waals surface area contributed by atoms with E-state index < -0.39 is 10.0 Å². The predicted octanol–water partition coefficient (Wildman–Crippen LogP) is 0.591. The summed E-state index contributed by atoms with van der Waals surface area (Å²) in [6.45, 7) is 0. The van der Waals surface area contributed by atoms with Gasteiger partial charge in [-0.3, -0.25) is 4.79 Å². The average Bonchev–Trinajstić information content (AvgIpc) is 2.39. The molecule has 1 aromatic carbocycles. The summed E-state index contributed by atoms with van der Waals surface area (Å²) >= 11 is 0. The van der Waals surface area contributed by atoms with Crippen LogP contribution in [0.5, 0.6) is 0 Å². The van der Waals surface area contributed by atoms with Crippen LogP contribution in [0.4, 0.5) is 5.69 Å². The lowest BCUT2D eigenvalue weighted by Gasteiger charge is -2.27. The SMILES string of the molecule is NC(=O)C1CCC(NS(=O)(=O)c2ccccc2N)CC1. The van der Waals surface area contributed by atoms with Crippen molar-refractivity contribution in [2.75, 3.05) is 5.73 Å². The summed E-state index contributed by atoms with van der Waals surface area (Å²) in [5, 5.41) is 0. The fourth-order valence-corrected chi connectivity index (χ4v) is 3.94. The highest BCUT2D eigenvalue weighted by atomic mass is 32.2. The molecular weight excluding hydrogens is 278 g/mol. The number of nitrogens with one attached hydrogen (secondary N) is 1. The molecule has 5 N–H and O–H groups in total. The molecule has 1 fully saturated rings. The van der Waals surface area contributed by atoms with Crippen molar-refractivity contribution in [3.05, 3.63) is 24.3 Å². The number of nitrogens with two attached hydrogens (primary N) is 2. The fraction of sp³-hybridized carbons (Fsp3) is 0.462. The summed E-state index contributed by atoms with van der Waals surface area (Å²) in [5.41, 5.74) is 11.2. The Labute approximate surface area is 118 Å². The summed E-state index contributed by atoms with van der Waals surface area (Å²) in [6, 6.07) is 6.18. The molecule has 0 spiro atoms. The second-order valence-electron chi connectivity index (χ2n) is 5.11. The second-order valence-corrected chi connectivity index (χ2v) is 6.79. The second kappa shape index (κ2) is 5.80. The van der Waals surface area contributed by atoms with Crippen molar-refractivity contribution in [3.63, 3.8) is 0 Å². The summed E-state index contributed by atoms with van der Waals surface area (Å²) < 4.78 is 27.2. The zero-order chi connectivity index (χ0) is 14.8. The zero-order valence-electron chi connectivity index (χ0n) is 11.1. The molecule has 1 aliphatic carbocycles. The Morgan fingerprint density at radius 2 is 1.75 bits per heavy atom. The van der Waals surface area contributed by atoms with Crippen LogP contribution in [0.2, 0.25) is 0 Å². The molecule has 110 valence electrons. The number of hydrogen-bond donors (Lipinski definition) is 3. The highest BCUT2D eigenvalue weighted by molar-refractivity contribution is 7.89. The Hall–Kier alpha value is -1.60. The number of rotatable bonds is 4. The van der Waals surface area contributed by atoms with Gasteiger partial charge >= 0.3 is 0 Å². The van der Waals surface area contributed by atoms with E-state index in [4.69, 9.17) is 11.5 Å². The third-order valence-electron chi connectivity index (χ3n) is 3.66. The highest BCUT2D eigenvalue weighted by Gasteiger charge is 2.28. The number of para-hydroxylation sites is 1. The van der Waals surface area contributed by atoms with Crippen LogP contribution in [0.1, 0.15) is 25.7 Å². The number of carbonyl (C=O) groups excluding carboxylic acids is 1. The number of sulfonamides is 1. The van der Waals surface area contributed by atoms with Crippen LogP contribution < -0.4 is 16.2 Å². The first kappa shape index (κ1) is 14.8. The monoisotopic (exact) mass is 297 g/mol. The Morgan fingerprint density at radius 1 is 1.15 bits per heavy atom. The minimum absolute atomic E-state index is 0.0945. The van der Waals surface area contributed by atoms with Crippen LogP contribution in [0.25, 0.3) is 0 Å². The number of amides is 1. The highest BCUT2D eigenvalue weighted by Crippen LogP contribution is 2.26. The Morgan fingerprint density at radius 3 is 2.30 bits per heavy atom. The fourth-order valence-electron chi connectivity index (χ4n) is 2.50. The Bertz CT molecular complexity index is 593. The van der Waals surface area contributed by atoms with Gasteiger partial charge in [-0.05, 0) is 37.8 Å². The van der Waals surface area contributed by atoms with Crippen LogP contribution >= 0.6 is 0 Å². The van der Waals surface area contributed by atoms with Gasteiger partial charge in [0.05, 0.1) is 5.69 Å². The molecule has 6 nitrogen and oxygen atoms in total. The Balaban J connectivity index is 2.04. The molecule has 0 saturated heterocycles. The van der Waals surface area contributed by atoms with E-state index in [-0.39, 0.29) is 28.4 Å². The van der Waals surface area contributed by atoms with Gasteiger partial charge in [0.1, 0.15) is 4.90 Å². The van der Waals surface area contributed by atoms with E-state index in [1.165, 1.54) is 6.07 Å². The van der Waals surface area contributed by atoms with E-state index in [2.05, 4.69) is 4.72 Å². The van der Waals surface area contributed by atoms with Gasteiger partial charge in [0.15, 0.2) is 0 Å². The van der Waals surface area contributed by atoms with E-state index in [1.807, 2.05) is 0 Å². The van der Waals surface area contributed by atoms with Gasteiger partial charge in [-0.2, -0.15) is 0 Å². The van der Waals surface area contributed by atoms with Crippen LogP contribution in [-0.2, 0) is 14.8 Å². The topological polar surface area (TPSA) is 115 Å². The van der Waals surface area contributed by atoms with Gasteiger partial charge < -0.3 is 11.5 Å². The van der Waals surface area contributed by atoms with E-state index in [0.717, 1.165) is 0 Å². The van der Waals surface area contributed by atoms with Gasteiger partial charge in [0.25, 0.3) is 0 Å². The average molecular weight is 297 g/mol. The van der Waals surface area contributed by atoms with Crippen molar-refractivity contribution in [1.29, 1.82) is 0 Å². The van der Waals surface area contributed by atoms with Crippen molar-refractivity contribution in [3.8, 4) is 0 Å². The standard InChI is InChI=1S/C13H19N3O3S/c14-11-3-1-2-4-12(11)20(18,19)16-10-7-5-9(6-8-10)13(15)17/h1-4,9-10,16H,5-8,14H2,(H2,15,17). The minimum atomic E-state index is -3.62. The third kappa shape index (κ3) is 3.29. The Kier molecular flexibility index (Phi) is 4.29. The zero-order valence-corrected chi connectivity index (χ0v) is 11.9. The number of carbonyl (C=O) groups is 1. The molecule has 0 bridgehead atoms. The lowest BCUT2D eigenvalue weighted by molar-refractivity contribution is -0.122. The van der Waals surface area contributed by atoms with Gasteiger partial charge in [-0.1, -0.05) is 12.1 Å². The number of hydrogen-bond acceptors (Lipinski definition) is 4. The summed E-state index contributed by atoms with van der Waals surface area (Å²) in [5.74, 6) is -0.448. The molecule has 1 saturated carbocycles. The molecule has 7 heteroatoms. The smallest absolute Gasteiger partial charge is 0.242 e. The summed E-state index contributed by atoms with van der Waals surface area (Å²) in [6.07, 6.45) is 2.46. The summed E-state index contributed by atoms with van der Waals surface area (Å²) in [4.78, 5) is 11.2. The van der Waals surface area contributed by atoms with Crippen molar-refractivity contribution < 1.29 is 13.2 Å². The molecule has 1 amide bonds. The first-order valence-electron chi connectivity index (χ1n) is 6.56. The minimum Gasteiger partial charge on any atom is -0.398 e. The van der Waals surface area contributed by atoms with E-state index in [9.17, 15) is 13.2 Å². The van der Waals surface area contributed by atoms with E-state index in [0.29, 0.717) is 25.7 Å². The molecule has 0 aromatic heterocycles. The maximum atomic E-state index is 12.3. The van der Waals surface area contributed by atoms with Gasteiger partial charge in [0.2, 0.25) is 15.9 Å². The molecule has 2 rings (SSSR count). The molecule has 20 heavy (non-hydrogen) atoms. The van der Waals surface area contributed by atoms with Crippen molar-refractivity contribution in [2.24, 2.45) is 11.7 Å². The van der Waals surface area contributed by atoms with E-state index in [1.54, 1.807) is 18.2 Å². The van der Waals surface area contributed by atoms with Crippen LogP contribution in [0, 0.1) is 5.92 Å². The number of anilines is 1. The maximum absolute atomic E-state index is 12.3. The van der Waals surface area contributed by atoms with Crippen LogP contribution in [-0.4, -0.2) is 20.4 Å². The number of benzene rings is 1. The maximum Gasteiger partial charge on any atom is 0.242 e. The molecule has 0 aliphatic heterocycles. The molecule has 0 unspecified atom stereocenters.